The minimum Gasteiger partial charge on any atom is -0.379 e. The Bertz CT molecular complexity index is 871. The quantitative estimate of drug-likeness (QED) is 0.663. The third kappa shape index (κ3) is 6.45. The maximum Gasteiger partial charge on any atom is 0.253 e. The lowest BCUT2D eigenvalue weighted by molar-refractivity contribution is 0.0789. The van der Waals surface area contributed by atoms with E-state index in [0.717, 1.165) is 12.1 Å². The van der Waals surface area contributed by atoms with Crippen LogP contribution in [0.5, 0.6) is 0 Å². The van der Waals surface area contributed by atoms with Crippen molar-refractivity contribution in [2.24, 2.45) is 5.73 Å². The molecule has 0 aliphatic rings. The summed E-state index contributed by atoms with van der Waals surface area (Å²) in [4.78, 5) is 16.9. The molecular formula is C21H26ClF2N3O2. The van der Waals surface area contributed by atoms with Gasteiger partial charge in [-0.1, -0.05) is 11.6 Å². The van der Waals surface area contributed by atoms with Crippen LogP contribution >= 0.6 is 11.6 Å². The maximum absolute atomic E-state index is 13.6. The number of aromatic nitrogens is 1. The van der Waals surface area contributed by atoms with Crippen molar-refractivity contribution in [3.05, 3.63) is 63.9 Å². The first kappa shape index (κ1) is 23.2. The van der Waals surface area contributed by atoms with E-state index < -0.39 is 29.3 Å². The predicted molar refractivity (Wildman–Crippen MR) is 109 cm³/mol. The number of nitrogens with zero attached hydrogens (tertiary/aromatic N) is 1. The van der Waals surface area contributed by atoms with E-state index in [-0.39, 0.29) is 23.8 Å². The summed E-state index contributed by atoms with van der Waals surface area (Å²) in [6, 6.07) is 4.75. The van der Waals surface area contributed by atoms with E-state index in [4.69, 9.17) is 22.1 Å². The van der Waals surface area contributed by atoms with Crippen molar-refractivity contribution in [2.75, 3.05) is 7.11 Å². The van der Waals surface area contributed by atoms with Crippen LogP contribution < -0.4 is 11.1 Å². The summed E-state index contributed by atoms with van der Waals surface area (Å²) in [6.45, 7) is 5.67. The second kappa shape index (κ2) is 9.61. The van der Waals surface area contributed by atoms with E-state index in [1.165, 1.54) is 7.11 Å². The number of hydrogen-bond donors (Lipinski definition) is 2. The SMILES string of the molecule is COC(Cc1ncccc1C(=O)NC(C)(C)C)C(N)Cc1cc(F)c(F)cc1Cl. The molecule has 2 atom stereocenters. The molecule has 0 aliphatic heterocycles. The number of rotatable bonds is 7. The van der Waals surface area contributed by atoms with Gasteiger partial charge in [-0.05, 0) is 57.0 Å². The minimum atomic E-state index is -1.02. The van der Waals surface area contributed by atoms with Gasteiger partial charge in [0.2, 0.25) is 0 Å². The lowest BCUT2D eigenvalue weighted by Gasteiger charge is -2.25. The number of nitrogens with one attached hydrogen (secondary N) is 1. The van der Waals surface area contributed by atoms with Crippen molar-refractivity contribution in [3.8, 4) is 0 Å². The van der Waals surface area contributed by atoms with E-state index in [0.29, 0.717) is 16.8 Å². The number of benzene rings is 1. The molecule has 1 amide bonds. The minimum absolute atomic E-state index is 0.0947. The van der Waals surface area contributed by atoms with Crippen LogP contribution in [0.4, 0.5) is 8.78 Å². The Morgan fingerprint density at radius 3 is 2.55 bits per heavy atom. The molecule has 2 aromatic rings. The highest BCUT2D eigenvalue weighted by Gasteiger charge is 2.24. The Balaban J connectivity index is 2.20. The van der Waals surface area contributed by atoms with Gasteiger partial charge < -0.3 is 15.8 Å². The summed E-state index contributed by atoms with van der Waals surface area (Å²) in [7, 11) is 1.50. The molecular weight excluding hydrogens is 400 g/mol. The first-order valence-electron chi connectivity index (χ1n) is 9.20. The van der Waals surface area contributed by atoms with Gasteiger partial charge in [0.15, 0.2) is 11.6 Å². The first-order chi connectivity index (χ1) is 13.5. The number of methoxy groups -OCH3 is 1. The molecule has 3 N–H and O–H groups in total. The van der Waals surface area contributed by atoms with E-state index in [1.54, 1.807) is 18.3 Å². The highest BCUT2D eigenvalue weighted by atomic mass is 35.5. The molecule has 0 saturated heterocycles. The molecule has 1 aromatic carbocycles. The van der Waals surface area contributed by atoms with E-state index in [2.05, 4.69) is 10.3 Å². The van der Waals surface area contributed by atoms with Crippen molar-refractivity contribution in [1.29, 1.82) is 0 Å². The molecule has 2 rings (SSSR count). The molecule has 1 heterocycles. The molecule has 0 spiro atoms. The molecule has 29 heavy (non-hydrogen) atoms. The maximum atomic E-state index is 13.6. The van der Waals surface area contributed by atoms with Crippen molar-refractivity contribution in [3.63, 3.8) is 0 Å². The van der Waals surface area contributed by atoms with Gasteiger partial charge in [0.25, 0.3) is 5.91 Å². The van der Waals surface area contributed by atoms with Gasteiger partial charge in [-0.25, -0.2) is 8.78 Å². The average Bonchev–Trinajstić information content (AvgIpc) is 2.62. The standard InChI is InChI=1S/C21H26ClF2N3O2/c1-21(2,3)27-20(28)13-6-5-7-26-18(13)11-19(29-4)17(25)9-12-8-15(23)16(24)10-14(12)22/h5-8,10,17,19H,9,11,25H2,1-4H3,(H,27,28). The summed E-state index contributed by atoms with van der Waals surface area (Å²) < 4.78 is 32.4. The topological polar surface area (TPSA) is 77.2 Å². The van der Waals surface area contributed by atoms with Crippen molar-refractivity contribution in [2.45, 2.75) is 51.3 Å². The first-order valence-corrected chi connectivity index (χ1v) is 9.58. The fourth-order valence-electron chi connectivity index (χ4n) is 2.92. The zero-order valence-corrected chi connectivity index (χ0v) is 17.7. The van der Waals surface area contributed by atoms with Crippen molar-refractivity contribution in [1.82, 2.24) is 10.3 Å². The fourth-order valence-corrected chi connectivity index (χ4v) is 3.15. The summed E-state index contributed by atoms with van der Waals surface area (Å²) >= 11 is 6.01. The van der Waals surface area contributed by atoms with Crippen LogP contribution in [0.2, 0.25) is 5.02 Å². The normalized spacial score (nSPS) is 13.8. The highest BCUT2D eigenvalue weighted by Crippen LogP contribution is 2.23. The van der Waals surface area contributed by atoms with Crippen LogP contribution in [-0.4, -0.2) is 35.7 Å². The van der Waals surface area contributed by atoms with Gasteiger partial charge in [-0.15, -0.1) is 0 Å². The second-order valence-corrected chi connectivity index (χ2v) is 8.31. The molecule has 0 saturated carbocycles. The Kier molecular flexibility index (Phi) is 7.68. The molecule has 158 valence electrons. The van der Waals surface area contributed by atoms with Gasteiger partial charge in [-0.3, -0.25) is 9.78 Å². The van der Waals surface area contributed by atoms with Crippen molar-refractivity contribution < 1.29 is 18.3 Å². The lowest BCUT2D eigenvalue weighted by Crippen LogP contribution is -2.42. The largest absolute Gasteiger partial charge is 0.379 e. The zero-order valence-electron chi connectivity index (χ0n) is 16.9. The molecule has 0 radical (unpaired) electrons. The Morgan fingerprint density at radius 2 is 1.93 bits per heavy atom. The zero-order chi connectivity index (χ0) is 21.8. The molecule has 0 bridgehead atoms. The number of amides is 1. The van der Waals surface area contributed by atoms with Crippen LogP contribution in [0, 0.1) is 11.6 Å². The third-order valence-electron chi connectivity index (χ3n) is 4.34. The Labute approximate surface area is 174 Å². The van der Waals surface area contributed by atoms with Gasteiger partial charge in [0.05, 0.1) is 17.4 Å². The third-order valence-corrected chi connectivity index (χ3v) is 4.69. The van der Waals surface area contributed by atoms with E-state index in [9.17, 15) is 13.6 Å². The average molecular weight is 426 g/mol. The number of ether oxygens (including phenoxy) is 1. The van der Waals surface area contributed by atoms with Crippen LogP contribution in [0.15, 0.2) is 30.5 Å². The summed E-state index contributed by atoms with van der Waals surface area (Å²) in [6.07, 6.45) is 1.51. The summed E-state index contributed by atoms with van der Waals surface area (Å²) in [5, 5.41) is 3.00. The number of carbonyl (C=O) groups is 1. The van der Waals surface area contributed by atoms with Crippen LogP contribution in [0.1, 0.15) is 42.4 Å². The van der Waals surface area contributed by atoms with Crippen molar-refractivity contribution >= 4 is 17.5 Å². The second-order valence-electron chi connectivity index (χ2n) is 7.91. The van der Waals surface area contributed by atoms with Crippen LogP contribution in [-0.2, 0) is 17.6 Å². The summed E-state index contributed by atoms with van der Waals surface area (Å²) in [5.74, 6) is -2.25. The number of pyridine rings is 1. The molecule has 0 fully saturated rings. The number of nitrogens with two attached hydrogens (primary N) is 1. The van der Waals surface area contributed by atoms with Crippen LogP contribution in [0.3, 0.4) is 0 Å². The van der Waals surface area contributed by atoms with E-state index >= 15 is 0 Å². The predicted octanol–water partition coefficient (Wildman–Crippen LogP) is 3.67. The Morgan fingerprint density at radius 1 is 1.28 bits per heavy atom. The summed E-state index contributed by atoms with van der Waals surface area (Å²) in [5.41, 5.74) is 7.22. The molecule has 8 heteroatoms. The molecule has 5 nitrogen and oxygen atoms in total. The van der Waals surface area contributed by atoms with Gasteiger partial charge in [0, 0.05) is 36.3 Å². The van der Waals surface area contributed by atoms with Gasteiger partial charge in [0.1, 0.15) is 0 Å². The monoisotopic (exact) mass is 425 g/mol. The lowest BCUT2D eigenvalue weighted by atomic mass is 9.96. The van der Waals surface area contributed by atoms with E-state index in [1.807, 2.05) is 20.8 Å². The smallest absolute Gasteiger partial charge is 0.253 e. The van der Waals surface area contributed by atoms with Crippen LogP contribution in [0.25, 0.3) is 0 Å². The molecule has 2 unspecified atom stereocenters. The van der Waals surface area contributed by atoms with Gasteiger partial charge >= 0.3 is 0 Å². The van der Waals surface area contributed by atoms with Gasteiger partial charge in [-0.2, -0.15) is 0 Å². The molecule has 1 aromatic heterocycles. The number of halogens is 3. The Hall–Kier alpha value is -2.09. The number of hydrogen-bond acceptors (Lipinski definition) is 4. The fraction of sp³-hybridized carbons (Fsp3) is 0.429. The highest BCUT2D eigenvalue weighted by molar-refractivity contribution is 6.31. The number of carbonyl (C=O) groups excluding carboxylic acids is 1. The molecule has 0 aliphatic carbocycles.